The van der Waals surface area contributed by atoms with Gasteiger partial charge in [-0.1, -0.05) is 12.1 Å². The summed E-state index contributed by atoms with van der Waals surface area (Å²) in [6, 6.07) is 5.20. The summed E-state index contributed by atoms with van der Waals surface area (Å²) in [7, 11) is 1.55. The largest absolute Gasteiger partial charge is 0.511 e. The Morgan fingerprint density at radius 3 is 2.75 bits per heavy atom. The molecule has 0 radical (unpaired) electrons. The van der Waals surface area contributed by atoms with Crippen LogP contribution in [0, 0.1) is 0 Å². The molecule has 1 aliphatic rings. The monoisotopic (exact) mass is 220 g/mol. The molecular formula is C12H12O4. The number of aliphatic carboxylic acids is 1. The number of carbonyl (C=O) groups is 1. The molecule has 1 aromatic rings. The number of hydrogen-bond acceptors (Lipinski definition) is 3. The van der Waals surface area contributed by atoms with Gasteiger partial charge >= 0.3 is 5.97 Å². The molecule has 4 nitrogen and oxygen atoms in total. The van der Waals surface area contributed by atoms with Crippen molar-refractivity contribution in [2.45, 2.75) is 12.8 Å². The molecule has 0 aliphatic heterocycles. The zero-order valence-corrected chi connectivity index (χ0v) is 8.86. The summed E-state index contributed by atoms with van der Waals surface area (Å²) in [6.45, 7) is 0. The van der Waals surface area contributed by atoms with Gasteiger partial charge < -0.3 is 14.9 Å². The number of carboxylic acids is 1. The summed E-state index contributed by atoms with van der Waals surface area (Å²) in [5.41, 5.74) is 1.39. The fourth-order valence-corrected chi connectivity index (χ4v) is 2.01. The van der Waals surface area contributed by atoms with Gasteiger partial charge in [-0.2, -0.15) is 0 Å². The number of methoxy groups -OCH3 is 1. The molecule has 0 saturated carbocycles. The number of benzene rings is 1. The molecule has 0 atom stereocenters. The quantitative estimate of drug-likeness (QED) is 0.799. The molecule has 1 aromatic carbocycles. The third kappa shape index (κ3) is 1.52. The maximum Gasteiger partial charge on any atom is 0.339 e. The lowest BCUT2D eigenvalue weighted by molar-refractivity contribution is -0.130. The van der Waals surface area contributed by atoms with Crippen LogP contribution in [0.4, 0.5) is 0 Å². The Morgan fingerprint density at radius 1 is 1.38 bits per heavy atom. The van der Waals surface area contributed by atoms with Gasteiger partial charge in [0, 0.05) is 12.0 Å². The van der Waals surface area contributed by atoms with Gasteiger partial charge in [-0.3, -0.25) is 0 Å². The first-order valence-corrected chi connectivity index (χ1v) is 4.96. The van der Waals surface area contributed by atoms with Crippen molar-refractivity contribution in [3.8, 4) is 5.75 Å². The first-order chi connectivity index (χ1) is 7.65. The number of carboxylic acid groups (broad SMARTS) is 1. The van der Waals surface area contributed by atoms with Crippen molar-refractivity contribution in [1.82, 2.24) is 0 Å². The molecule has 16 heavy (non-hydrogen) atoms. The van der Waals surface area contributed by atoms with Gasteiger partial charge in [0.25, 0.3) is 0 Å². The Morgan fingerprint density at radius 2 is 2.12 bits per heavy atom. The third-order valence-corrected chi connectivity index (χ3v) is 2.74. The van der Waals surface area contributed by atoms with Crippen molar-refractivity contribution >= 4 is 11.5 Å². The second-order valence-corrected chi connectivity index (χ2v) is 3.61. The number of aliphatic hydroxyl groups is 1. The fourth-order valence-electron chi connectivity index (χ4n) is 2.01. The average molecular weight is 220 g/mol. The minimum absolute atomic E-state index is 0.0137. The van der Waals surface area contributed by atoms with E-state index in [2.05, 4.69) is 0 Å². The molecule has 1 aliphatic carbocycles. The smallest absolute Gasteiger partial charge is 0.339 e. The van der Waals surface area contributed by atoms with Crippen LogP contribution in [-0.2, 0) is 11.2 Å². The minimum atomic E-state index is -1.10. The molecule has 0 saturated heterocycles. The molecule has 0 bridgehead atoms. The van der Waals surface area contributed by atoms with E-state index in [0.29, 0.717) is 24.2 Å². The molecule has 0 amide bonds. The van der Waals surface area contributed by atoms with Crippen LogP contribution in [0.25, 0.3) is 5.57 Å². The van der Waals surface area contributed by atoms with Crippen LogP contribution in [0.3, 0.4) is 0 Å². The van der Waals surface area contributed by atoms with E-state index in [0.717, 1.165) is 5.56 Å². The molecule has 0 unspecified atom stereocenters. The van der Waals surface area contributed by atoms with Crippen molar-refractivity contribution in [3.05, 3.63) is 35.1 Å². The highest BCUT2D eigenvalue weighted by Crippen LogP contribution is 2.35. The van der Waals surface area contributed by atoms with Gasteiger partial charge in [0.1, 0.15) is 17.1 Å². The number of rotatable bonds is 2. The van der Waals surface area contributed by atoms with E-state index in [-0.39, 0.29) is 11.3 Å². The Hall–Kier alpha value is -1.97. The van der Waals surface area contributed by atoms with Gasteiger partial charge in [0.05, 0.1) is 7.11 Å². The number of allylic oxidation sites excluding steroid dienone is 1. The number of ether oxygens (including phenoxy) is 1. The maximum absolute atomic E-state index is 11.1. The molecule has 2 rings (SSSR count). The molecule has 0 spiro atoms. The standard InChI is InChI=1S/C12H12O4/c1-16-10-4-2-3-8-7(10)5-6-9(13)11(8)12(14)15/h2-4,13H,5-6H2,1H3,(H,14,15). The number of aliphatic hydroxyl groups excluding tert-OH is 1. The summed E-state index contributed by atoms with van der Waals surface area (Å²) in [6.07, 6.45) is 0.941. The van der Waals surface area contributed by atoms with Crippen LogP contribution in [0.15, 0.2) is 24.0 Å². The van der Waals surface area contributed by atoms with E-state index in [4.69, 9.17) is 9.84 Å². The fraction of sp³-hybridized carbons (Fsp3) is 0.250. The molecule has 4 heteroatoms. The van der Waals surface area contributed by atoms with Gasteiger partial charge in [0.15, 0.2) is 0 Å². The highest BCUT2D eigenvalue weighted by atomic mass is 16.5. The summed E-state index contributed by atoms with van der Waals surface area (Å²) in [5, 5.41) is 18.7. The zero-order valence-electron chi connectivity index (χ0n) is 8.86. The zero-order chi connectivity index (χ0) is 11.7. The third-order valence-electron chi connectivity index (χ3n) is 2.74. The first-order valence-electron chi connectivity index (χ1n) is 4.96. The molecule has 0 heterocycles. The first kappa shape index (κ1) is 10.5. The van der Waals surface area contributed by atoms with Crippen LogP contribution in [0.2, 0.25) is 0 Å². The van der Waals surface area contributed by atoms with Crippen molar-refractivity contribution in [3.63, 3.8) is 0 Å². The Balaban J connectivity index is 2.64. The van der Waals surface area contributed by atoms with Crippen LogP contribution < -0.4 is 4.74 Å². The maximum atomic E-state index is 11.1. The minimum Gasteiger partial charge on any atom is -0.511 e. The van der Waals surface area contributed by atoms with Crippen molar-refractivity contribution in [1.29, 1.82) is 0 Å². The normalized spacial score (nSPS) is 14.6. The highest BCUT2D eigenvalue weighted by molar-refractivity contribution is 6.17. The van der Waals surface area contributed by atoms with Gasteiger partial charge in [0.2, 0.25) is 0 Å². The second-order valence-electron chi connectivity index (χ2n) is 3.61. The molecule has 0 fully saturated rings. The lowest BCUT2D eigenvalue weighted by Gasteiger charge is -2.19. The Bertz CT molecular complexity index is 474. The lowest BCUT2D eigenvalue weighted by atomic mass is 9.89. The predicted octanol–water partition coefficient (Wildman–Crippen LogP) is 2.00. The summed E-state index contributed by atoms with van der Waals surface area (Å²) < 4.78 is 5.18. The summed E-state index contributed by atoms with van der Waals surface area (Å²) in [5.74, 6) is -0.497. The van der Waals surface area contributed by atoms with E-state index in [9.17, 15) is 9.90 Å². The second kappa shape index (κ2) is 3.89. The van der Waals surface area contributed by atoms with Gasteiger partial charge in [-0.05, 0) is 18.1 Å². The summed E-state index contributed by atoms with van der Waals surface area (Å²) in [4.78, 5) is 11.1. The average Bonchev–Trinajstić information content (AvgIpc) is 2.27. The summed E-state index contributed by atoms with van der Waals surface area (Å²) >= 11 is 0. The van der Waals surface area contributed by atoms with Gasteiger partial charge in [-0.25, -0.2) is 4.79 Å². The SMILES string of the molecule is COc1cccc2c1CCC(O)=C2C(=O)O. The Kier molecular flexibility index (Phi) is 2.56. The Labute approximate surface area is 92.8 Å². The van der Waals surface area contributed by atoms with Crippen LogP contribution in [-0.4, -0.2) is 23.3 Å². The van der Waals surface area contributed by atoms with Crippen molar-refractivity contribution in [2.24, 2.45) is 0 Å². The van der Waals surface area contributed by atoms with E-state index in [1.807, 2.05) is 0 Å². The number of hydrogen-bond donors (Lipinski definition) is 2. The van der Waals surface area contributed by atoms with E-state index in [1.54, 1.807) is 25.3 Å². The van der Waals surface area contributed by atoms with E-state index in [1.165, 1.54) is 0 Å². The molecule has 2 N–H and O–H groups in total. The number of fused-ring (bicyclic) bond motifs is 1. The van der Waals surface area contributed by atoms with E-state index < -0.39 is 5.97 Å². The molecule has 84 valence electrons. The van der Waals surface area contributed by atoms with Crippen LogP contribution >= 0.6 is 0 Å². The molecule has 0 aromatic heterocycles. The lowest BCUT2D eigenvalue weighted by Crippen LogP contribution is -2.12. The van der Waals surface area contributed by atoms with Crippen molar-refractivity contribution in [2.75, 3.05) is 7.11 Å². The van der Waals surface area contributed by atoms with E-state index >= 15 is 0 Å². The van der Waals surface area contributed by atoms with Crippen LogP contribution in [0.1, 0.15) is 17.5 Å². The van der Waals surface area contributed by atoms with Crippen molar-refractivity contribution < 1.29 is 19.7 Å². The highest BCUT2D eigenvalue weighted by Gasteiger charge is 2.25. The topological polar surface area (TPSA) is 66.8 Å². The van der Waals surface area contributed by atoms with Crippen LogP contribution in [0.5, 0.6) is 5.75 Å². The molecular weight excluding hydrogens is 208 g/mol. The van der Waals surface area contributed by atoms with Gasteiger partial charge in [-0.15, -0.1) is 0 Å². The predicted molar refractivity (Wildman–Crippen MR) is 58.5 cm³/mol.